The normalized spacial score (nSPS) is 11.6. The predicted molar refractivity (Wildman–Crippen MR) is 73.9 cm³/mol. The van der Waals surface area contributed by atoms with Crippen LogP contribution >= 0.6 is 0 Å². The van der Waals surface area contributed by atoms with E-state index < -0.39 is 6.04 Å². The standard InChI is InChI=1S/C11H20N6O3/c1-7(8(18)13-5-6-19-3)14-10-15-9(12-2)16-11(17-10)20-4/h7H,5-6H2,1-4H3,(H,13,18)(H2,12,14,15,16,17). The molecule has 3 N–H and O–H groups in total. The molecule has 0 saturated carbocycles. The summed E-state index contributed by atoms with van der Waals surface area (Å²) in [6.45, 7) is 2.61. The van der Waals surface area contributed by atoms with Crippen molar-refractivity contribution >= 4 is 17.8 Å². The van der Waals surface area contributed by atoms with Gasteiger partial charge in [-0.3, -0.25) is 4.79 Å². The number of hydrogen-bond donors (Lipinski definition) is 3. The van der Waals surface area contributed by atoms with Crippen LogP contribution in [0.2, 0.25) is 0 Å². The third kappa shape index (κ3) is 4.84. The van der Waals surface area contributed by atoms with Gasteiger partial charge < -0.3 is 25.4 Å². The fraction of sp³-hybridized carbons (Fsp3) is 0.636. The van der Waals surface area contributed by atoms with Crippen LogP contribution in [-0.2, 0) is 9.53 Å². The maximum atomic E-state index is 11.8. The van der Waals surface area contributed by atoms with E-state index in [2.05, 4.69) is 30.9 Å². The monoisotopic (exact) mass is 284 g/mol. The molecule has 0 aliphatic rings. The number of carbonyl (C=O) groups is 1. The van der Waals surface area contributed by atoms with Crippen LogP contribution in [0.5, 0.6) is 6.01 Å². The van der Waals surface area contributed by atoms with Crippen LogP contribution in [0.4, 0.5) is 11.9 Å². The number of ether oxygens (including phenoxy) is 2. The molecule has 1 aromatic rings. The zero-order valence-electron chi connectivity index (χ0n) is 12.1. The molecule has 112 valence electrons. The minimum atomic E-state index is -0.497. The second-order valence-corrected chi connectivity index (χ2v) is 3.87. The second-order valence-electron chi connectivity index (χ2n) is 3.87. The molecular formula is C11H20N6O3. The second kappa shape index (κ2) is 8.10. The van der Waals surface area contributed by atoms with E-state index in [1.807, 2.05) is 0 Å². The van der Waals surface area contributed by atoms with E-state index in [0.717, 1.165) is 0 Å². The van der Waals surface area contributed by atoms with Crippen LogP contribution < -0.4 is 20.7 Å². The lowest BCUT2D eigenvalue weighted by atomic mass is 10.3. The molecule has 9 nitrogen and oxygen atoms in total. The summed E-state index contributed by atoms with van der Waals surface area (Å²) in [5.74, 6) is 0.439. The number of rotatable bonds is 8. The van der Waals surface area contributed by atoms with Crippen molar-refractivity contribution in [2.24, 2.45) is 0 Å². The number of aromatic nitrogens is 3. The molecule has 1 amide bonds. The fourth-order valence-corrected chi connectivity index (χ4v) is 1.31. The van der Waals surface area contributed by atoms with Gasteiger partial charge in [0.1, 0.15) is 6.04 Å². The number of nitrogens with zero attached hydrogens (tertiary/aromatic N) is 3. The van der Waals surface area contributed by atoms with Crippen molar-refractivity contribution in [3.05, 3.63) is 0 Å². The zero-order chi connectivity index (χ0) is 15.0. The Kier molecular flexibility index (Phi) is 6.44. The minimum Gasteiger partial charge on any atom is -0.467 e. The molecule has 0 spiro atoms. The first-order valence-corrected chi connectivity index (χ1v) is 6.11. The first kappa shape index (κ1) is 15.9. The molecule has 0 saturated heterocycles. The van der Waals surface area contributed by atoms with Gasteiger partial charge >= 0.3 is 6.01 Å². The Morgan fingerprint density at radius 1 is 1.25 bits per heavy atom. The van der Waals surface area contributed by atoms with E-state index in [9.17, 15) is 4.79 Å². The molecule has 20 heavy (non-hydrogen) atoms. The molecule has 0 aliphatic heterocycles. The van der Waals surface area contributed by atoms with Crippen LogP contribution in [0.1, 0.15) is 6.92 Å². The Hall–Kier alpha value is -2.16. The van der Waals surface area contributed by atoms with Crippen molar-refractivity contribution in [3.63, 3.8) is 0 Å². The summed E-state index contributed by atoms with van der Waals surface area (Å²) >= 11 is 0. The smallest absolute Gasteiger partial charge is 0.322 e. The average Bonchev–Trinajstić information content (AvgIpc) is 2.46. The largest absolute Gasteiger partial charge is 0.467 e. The van der Waals surface area contributed by atoms with E-state index in [0.29, 0.717) is 19.1 Å². The van der Waals surface area contributed by atoms with Gasteiger partial charge in [0, 0.05) is 20.7 Å². The van der Waals surface area contributed by atoms with Crippen LogP contribution in [0.15, 0.2) is 0 Å². The minimum absolute atomic E-state index is 0.166. The molecule has 1 rings (SSSR count). The van der Waals surface area contributed by atoms with Gasteiger partial charge in [-0.15, -0.1) is 0 Å². The summed E-state index contributed by atoms with van der Waals surface area (Å²) in [7, 11) is 4.71. The lowest BCUT2D eigenvalue weighted by Crippen LogP contribution is -2.39. The average molecular weight is 284 g/mol. The van der Waals surface area contributed by atoms with E-state index >= 15 is 0 Å². The number of carbonyl (C=O) groups excluding carboxylic acids is 1. The third-order valence-corrected chi connectivity index (χ3v) is 2.37. The molecule has 1 atom stereocenters. The summed E-state index contributed by atoms with van der Waals surface area (Å²) in [5.41, 5.74) is 0. The zero-order valence-corrected chi connectivity index (χ0v) is 12.1. The highest BCUT2D eigenvalue weighted by Gasteiger charge is 2.14. The predicted octanol–water partition coefficient (Wildman–Crippen LogP) is -0.515. The highest BCUT2D eigenvalue weighted by molar-refractivity contribution is 5.83. The quantitative estimate of drug-likeness (QED) is 0.547. The highest BCUT2D eigenvalue weighted by Crippen LogP contribution is 2.10. The van der Waals surface area contributed by atoms with E-state index in [1.165, 1.54) is 7.11 Å². The Morgan fingerprint density at radius 2 is 1.95 bits per heavy atom. The lowest BCUT2D eigenvalue weighted by molar-refractivity contribution is -0.121. The van der Waals surface area contributed by atoms with Gasteiger partial charge in [-0.05, 0) is 6.92 Å². The van der Waals surface area contributed by atoms with Crippen molar-refractivity contribution in [3.8, 4) is 6.01 Å². The maximum absolute atomic E-state index is 11.8. The van der Waals surface area contributed by atoms with Gasteiger partial charge in [-0.2, -0.15) is 15.0 Å². The molecule has 0 aliphatic carbocycles. The third-order valence-electron chi connectivity index (χ3n) is 2.37. The Balaban J connectivity index is 2.64. The molecular weight excluding hydrogens is 264 g/mol. The summed E-state index contributed by atoms with van der Waals surface area (Å²) in [5, 5.41) is 8.39. The van der Waals surface area contributed by atoms with Crippen molar-refractivity contribution in [1.29, 1.82) is 0 Å². The number of anilines is 2. The molecule has 0 aromatic carbocycles. The lowest BCUT2D eigenvalue weighted by Gasteiger charge is -2.14. The van der Waals surface area contributed by atoms with Crippen molar-refractivity contribution < 1.29 is 14.3 Å². The van der Waals surface area contributed by atoms with Gasteiger partial charge in [0.15, 0.2) is 0 Å². The highest BCUT2D eigenvalue weighted by atomic mass is 16.5. The van der Waals surface area contributed by atoms with Crippen molar-refractivity contribution in [2.45, 2.75) is 13.0 Å². The van der Waals surface area contributed by atoms with Crippen LogP contribution in [0.3, 0.4) is 0 Å². The summed E-state index contributed by atoms with van der Waals surface area (Å²) < 4.78 is 9.82. The van der Waals surface area contributed by atoms with E-state index in [-0.39, 0.29) is 17.9 Å². The van der Waals surface area contributed by atoms with Crippen molar-refractivity contribution in [1.82, 2.24) is 20.3 Å². The van der Waals surface area contributed by atoms with Crippen LogP contribution in [0, 0.1) is 0 Å². The van der Waals surface area contributed by atoms with Crippen LogP contribution in [-0.4, -0.2) is 61.3 Å². The van der Waals surface area contributed by atoms with E-state index in [1.54, 1.807) is 21.1 Å². The number of amides is 1. The van der Waals surface area contributed by atoms with Gasteiger partial charge in [0.05, 0.1) is 13.7 Å². The SMILES string of the molecule is CNc1nc(NC(C)C(=O)NCCOC)nc(OC)n1. The molecule has 1 aromatic heterocycles. The molecule has 1 heterocycles. The van der Waals surface area contributed by atoms with Gasteiger partial charge in [0.25, 0.3) is 0 Å². The Bertz CT molecular complexity index is 420. The fourth-order valence-electron chi connectivity index (χ4n) is 1.31. The van der Waals surface area contributed by atoms with E-state index in [4.69, 9.17) is 9.47 Å². The Morgan fingerprint density at radius 3 is 2.55 bits per heavy atom. The first-order valence-electron chi connectivity index (χ1n) is 6.11. The first-order chi connectivity index (χ1) is 9.60. The summed E-state index contributed by atoms with van der Waals surface area (Å²) in [4.78, 5) is 23.9. The molecule has 0 radical (unpaired) electrons. The van der Waals surface area contributed by atoms with Crippen LogP contribution in [0.25, 0.3) is 0 Å². The van der Waals surface area contributed by atoms with Gasteiger partial charge in [0.2, 0.25) is 17.8 Å². The summed E-state index contributed by atoms with van der Waals surface area (Å²) in [6.07, 6.45) is 0. The maximum Gasteiger partial charge on any atom is 0.322 e. The van der Waals surface area contributed by atoms with Gasteiger partial charge in [-0.25, -0.2) is 0 Å². The molecule has 0 bridgehead atoms. The topological polar surface area (TPSA) is 110 Å². The van der Waals surface area contributed by atoms with Crippen molar-refractivity contribution in [2.75, 3.05) is 45.1 Å². The Labute approximate surface area is 117 Å². The van der Waals surface area contributed by atoms with Gasteiger partial charge in [-0.1, -0.05) is 0 Å². The molecule has 0 fully saturated rings. The number of hydrogen-bond acceptors (Lipinski definition) is 8. The molecule has 1 unspecified atom stereocenters. The number of methoxy groups -OCH3 is 2. The number of nitrogens with one attached hydrogen (secondary N) is 3. The summed E-state index contributed by atoms with van der Waals surface area (Å²) in [6, 6.07) is -0.331. The molecule has 9 heteroatoms.